The van der Waals surface area contributed by atoms with E-state index in [4.69, 9.17) is 0 Å². The number of aliphatic imine (C=N–C) groups is 1. The van der Waals surface area contributed by atoms with Crippen molar-refractivity contribution in [3.8, 4) is 0 Å². The maximum Gasteiger partial charge on any atom is 0.0473 e. The lowest BCUT2D eigenvalue weighted by molar-refractivity contribution is 0.710. The van der Waals surface area contributed by atoms with Gasteiger partial charge in [0.1, 0.15) is 0 Å². The highest BCUT2D eigenvalue weighted by Crippen LogP contribution is 2.16. The zero-order chi connectivity index (χ0) is 6.85. The van der Waals surface area contributed by atoms with E-state index in [1.807, 2.05) is 0 Å². The molecule has 0 spiro atoms. The van der Waals surface area contributed by atoms with Gasteiger partial charge in [0.15, 0.2) is 0 Å². The highest BCUT2D eigenvalue weighted by atomic mass is 14.8. The van der Waals surface area contributed by atoms with Gasteiger partial charge < -0.3 is 0 Å². The highest BCUT2D eigenvalue weighted by molar-refractivity contribution is 6.04. The second-order valence-corrected chi connectivity index (χ2v) is 2.60. The molecular weight excluding hydrogens is 110 g/mol. The van der Waals surface area contributed by atoms with E-state index in [1.54, 1.807) is 0 Å². The normalized spacial score (nSPS) is 27.2. The van der Waals surface area contributed by atoms with E-state index in [0.29, 0.717) is 5.92 Å². The fraction of sp³-hybridized carbons (Fsp3) is 0.625. The monoisotopic (exact) mass is 123 g/mol. The molecule has 0 aromatic heterocycles. The summed E-state index contributed by atoms with van der Waals surface area (Å²) in [5, 5.41) is 0. The molecule has 0 saturated carbocycles. The Kier molecular flexibility index (Phi) is 1.70. The van der Waals surface area contributed by atoms with Gasteiger partial charge >= 0.3 is 0 Å². The zero-order valence-electron chi connectivity index (χ0n) is 6.31. The third-order valence-corrected chi connectivity index (χ3v) is 1.84. The fourth-order valence-corrected chi connectivity index (χ4v) is 1.03. The molecule has 0 bridgehead atoms. The van der Waals surface area contributed by atoms with Crippen LogP contribution in [-0.2, 0) is 0 Å². The van der Waals surface area contributed by atoms with Gasteiger partial charge in [-0.25, -0.2) is 0 Å². The van der Waals surface area contributed by atoms with Gasteiger partial charge in [-0.3, -0.25) is 4.99 Å². The Bertz CT molecular complexity index is 165. The molecule has 0 amide bonds. The van der Waals surface area contributed by atoms with Crippen LogP contribution in [0.5, 0.6) is 0 Å². The van der Waals surface area contributed by atoms with Crippen molar-refractivity contribution in [3.05, 3.63) is 11.6 Å². The number of hydrogen-bond acceptors (Lipinski definition) is 1. The summed E-state index contributed by atoms with van der Waals surface area (Å²) in [5.74, 6) is 0.709. The average molecular weight is 123 g/mol. The largest absolute Gasteiger partial charge is 0.288 e. The van der Waals surface area contributed by atoms with Crippen LogP contribution >= 0.6 is 0 Å². The van der Waals surface area contributed by atoms with Crippen molar-refractivity contribution in [2.24, 2.45) is 10.9 Å². The van der Waals surface area contributed by atoms with Crippen LogP contribution in [0, 0.1) is 5.92 Å². The van der Waals surface area contributed by atoms with Crippen molar-refractivity contribution < 1.29 is 0 Å². The first kappa shape index (κ1) is 6.53. The van der Waals surface area contributed by atoms with Crippen molar-refractivity contribution in [2.75, 3.05) is 6.54 Å². The third kappa shape index (κ3) is 1.04. The lowest BCUT2D eigenvalue weighted by atomic mass is 9.94. The molecule has 1 rings (SSSR count). The van der Waals surface area contributed by atoms with E-state index in [0.717, 1.165) is 6.54 Å². The molecule has 0 aliphatic carbocycles. The third-order valence-electron chi connectivity index (χ3n) is 1.84. The maximum atomic E-state index is 4.27. The summed E-state index contributed by atoms with van der Waals surface area (Å²) >= 11 is 0. The Morgan fingerprint density at radius 1 is 1.78 bits per heavy atom. The van der Waals surface area contributed by atoms with E-state index in [9.17, 15) is 0 Å². The molecule has 0 N–H and O–H groups in total. The number of nitrogens with zero attached hydrogens (tertiary/aromatic N) is 1. The van der Waals surface area contributed by atoms with E-state index in [1.165, 1.54) is 11.3 Å². The quantitative estimate of drug-likeness (QED) is 0.506. The minimum absolute atomic E-state index is 0.709. The molecule has 0 aromatic carbocycles. The average Bonchev–Trinajstić information content (AvgIpc) is 1.84. The standard InChI is InChI=1S/C8H13N/c1-4-6(2)8-7(3)5-9-8/h4,7H,5H2,1-3H3/b6-4-. The summed E-state index contributed by atoms with van der Waals surface area (Å²) in [5.41, 5.74) is 2.64. The topological polar surface area (TPSA) is 12.4 Å². The first-order chi connectivity index (χ1) is 4.25. The smallest absolute Gasteiger partial charge is 0.0473 e. The van der Waals surface area contributed by atoms with Crippen LogP contribution in [0.25, 0.3) is 0 Å². The van der Waals surface area contributed by atoms with Crippen LogP contribution in [0.4, 0.5) is 0 Å². The van der Waals surface area contributed by atoms with Crippen LogP contribution in [0.3, 0.4) is 0 Å². The predicted molar refractivity (Wildman–Crippen MR) is 40.9 cm³/mol. The van der Waals surface area contributed by atoms with Gasteiger partial charge in [-0.15, -0.1) is 0 Å². The lowest BCUT2D eigenvalue weighted by Gasteiger charge is -2.22. The van der Waals surface area contributed by atoms with Gasteiger partial charge in [-0.2, -0.15) is 0 Å². The molecule has 1 aliphatic heterocycles. The lowest BCUT2D eigenvalue weighted by Crippen LogP contribution is -2.25. The zero-order valence-corrected chi connectivity index (χ0v) is 6.31. The van der Waals surface area contributed by atoms with Gasteiger partial charge in [0.05, 0.1) is 0 Å². The molecule has 1 heteroatoms. The minimum Gasteiger partial charge on any atom is -0.288 e. The van der Waals surface area contributed by atoms with Crippen molar-refractivity contribution in [2.45, 2.75) is 20.8 Å². The SMILES string of the molecule is C/C=C(/C)C1=NCC1C. The van der Waals surface area contributed by atoms with Crippen molar-refractivity contribution in [1.29, 1.82) is 0 Å². The number of allylic oxidation sites excluding steroid dienone is 2. The van der Waals surface area contributed by atoms with Gasteiger partial charge in [0.2, 0.25) is 0 Å². The first-order valence-corrected chi connectivity index (χ1v) is 3.43. The Balaban J connectivity index is 2.65. The Hall–Kier alpha value is -0.590. The minimum atomic E-state index is 0.709. The molecule has 1 atom stereocenters. The second-order valence-electron chi connectivity index (χ2n) is 2.60. The number of rotatable bonds is 1. The fourth-order valence-electron chi connectivity index (χ4n) is 1.03. The van der Waals surface area contributed by atoms with Crippen LogP contribution in [-0.4, -0.2) is 12.3 Å². The van der Waals surface area contributed by atoms with Crippen molar-refractivity contribution in [1.82, 2.24) is 0 Å². The van der Waals surface area contributed by atoms with E-state index >= 15 is 0 Å². The van der Waals surface area contributed by atoms with Gasteiger partial charge in [-0.05, 0) is 19.4 Å². The van der Waals surface area contributed by atoms with Gasteiger partial charge in [0, 0.05) is 18.2 Å². The first-order valence-electron chi connectivity index (χ1n) is 3.43. The summed E-state index contributed by atoms with van der Waals surface area (Å²) < 4.78 is 0. The molecule has 9 heavy (non-hydrogen) atoms. The highest BCUT2D eigenvalue weighted by Gasteiger charge is 2.18. The van der Waals surface area contributed by atoms with Crippen LogP contribution < -0.4 is 0 Å². The summed E-state index contributed by atoms with van der Waals surface area (Å²) in [6.07, 6.45) is 2.12. The molecule has 1 nitrogen and oxygen atoms in total. The molecule has 0 aromatic rings. The van der Waals surface area contributed by atoms with E-state index in [2.05, 4.69) is 31.8 Å². The summed E-state index contributed by atoms with van der Waals surface area (Å²) in [7, 11) is 0. The van der Waals surface area contributed by atoms with Crippen LogP contribution in [0.1, 0.15) is 20.8 Å². The Morgan fingerprint density at radius 2 is 2.44 bits per heavy atom. The van der Waals surface area contributed by atoms with Crippen LogP contribution in [0.15, 0.2) is 16.6 Å². The summed E-state index contributed by atoms with van der Waals surface area (Å²) in [6.45, 7) is 7.42. The van der Waals surface area contributed by atoms with Gasteiger partial charge in [0.25, 0.3) is 0 Å². The maximum absolute atomic E-state index is 4.27. The van der Waals surface area contributed by atoms with Crippen molar-refractivity contribution in [3.63, 3.8) is 0 Å². The second kappa shape index (κ2) is 2.34. The summed E-state index contributed by atoms with van der Waals surface area (Å²) in [4.78, 5) is 4.27. The molecule has 1 heterocycles. The van der Waals surface area contributed by atoms with Gasteiger partial charge in [-0.1, -0.05) is 13.0 Å². The molecule has 0 fully saturated rings. The Morgan fingerprint density at radius 3 is 2.56 bits per heavy atom. The van der Waals surface area contributed by atoms with Crippen molar-refractivity contribution >= 4 is 5.71 Å². The van der Waals surface area contributed by atoms with Crippen LogP contribution in [0.2, 0.25) is 0 Å². The Labute approximate surface area is 56.5 Å². The molecule has 0 radical (unpaired) electrons. The number of hydrogen-bond donors (Lipinski definition) is 0. The van der Waals surface area contributed by atoms with E-state index < -0.39 is 0 Å². The van der Waals surface area contributed by atoms with E-state index in [-0.39, 0.29) is 0 Å². The predicted octanol–water partition coefficient (Wildman–Crippen LogP) is 2.04. The molecule has 1 aliphatic rings. The molecule has 50 valence electrons. The molecule has 1 unspecified atom stereocenters. The summed E-state index contributed by atoms with van der Waals surface area (Å²) in [6, 6.07) is 0. The molecular formula is C8H13N. The molecule has 0 saturated heterocycles.